The number of hydrogen-bond donors (Lipinski definition) is 0. The maximum absolute atomic E-state index is 6.81. The maximum Gasteiger partial charge on any atom is 0.150 e. The van der Waals surface area contributed by atoms with E-state index in [1.165, 1.54) is 21.9 Å². The van der Waals surface area contributed by atoms with Gasteiger partial charge in [-0.25, -0.2) is 0 Å². The van der Waals surface area contributed by atoms with Crippen molar-refractivity contribution in [2.75, 3.05) is 0 Å². The molecule has 0 aliphatic heterocycles. The van der Waals surface area contributed by atoms with Gasteiger partial charge in [-0.2, -0.15) is 21.9 Å². The van der Waals surface area contributed by atoms with Crippen LogP contribution in [0.2, 0.25) is 20.1 Å². The highest BCUT2D eigenvalue weighted by Crippen LogP contribution is 2.59. The third kappa shape index (κ3) is 7.16. The summed E-state index contributed by atoms with van der Waals surface area (Å²) in [5, 5.41) is 6.49. The highest BCUT2D eigenvalue weighted by atomic mass is 35.5. The smallest absolute Gasteiger partial charge is 0.150 e. The molecular weight excluding hydrogens is 760 g/mol. The van der Waals surface area contributed by atoms with Gasteiger partial charge in [-0.3, -0.25) is 0 Å². The van der Waals surface area contributed by atoms with Gasteiger partial charge in [0.1, 0.15) is 27.4 Å². The number of hydrogen-bond acceptors (Lipinski definition) is 0. The zero-order valence-electron chi connectivity index (χ0n) is 29.3. The van der Waals surface area contributed by atoms with E-state index in [2.05, 4.69) is 121 Å². The summed E-state index contributed by atoms with van der Waals surface area (Å²) in [5.74, 6) is 0. The largest absolute Gasteiger partial charge is 0.195 e. The molecule has 0 heterocycles. The molecule has 0 unspecified atom stereocenters. The first-order chi connectivity index (χ1) is 26.5. The first kappa shape index (κ1) is 37.7. The SMILES string of the molecule is Clc1ccccc1[P+](c1ccccc1Cl)(c1ccccc1Cl)c1ccccc1Cl.c1ccc([B-](c2ccccc2)(c2ccccc2)c2ccccc2)cc1. The molecule has 0 aliphatic carbocycles. The molecule has 8 aromatic rings. The van der Waals surface area contributed by atoms with E-state index in [0.29, 0.717) is 20.1 Å². The van der Waals surface area contributed by atoms with E-state index in [0.717, 1.165) is 21.2 Å². The summed E-state index contributed by atoms with van der Waals surface area (Å²) in [7, 11) is -2.58. The maximum atomic E-state index is 6.81. The van der Waals surface area contributed by atoms with Crippen LogP contribution in [-0.4, -0.2) is 6.15 Å². The predicted molar refractivity (Wildman–Crippen MR) is 241 cm³/mol. The van der Waals surface area contributed by atoms with Crippen LogP contribution in [0.4, 0.5) is 0 Å². The van der Waals surface area contributed by atoms with Crippen LogP contribution < -0.4 is 43.1 Å². The minimum atomic E-state index is -2.58. The first-order valence-corrected chi connectivity index (χ1v) is 21.1. The Balaban J connectivity index is 0.000000168. The van der Waals surface area contributed by atoms with Crippen molar-refractivity contribution in [3.63, 3.8) is 0 Å². The molecule has 8 rings (SSSR count). The predicted octanol–water partition coefficient (Wildman–Crippen LogP) is 9.98. The van der Waals surface area contributed by atoms with E-state index < -0.39 is 13.4 Å². The topological polar surface area (TPSA) is 0 Å². The molecule has 0 saturated heterocycles. The molecule has 8 aromatic carbocycles. The molecule has 0 bridgehead atoms. The van der Waals surface area contributed by atoms with E-state index in [9.17, 15) is 0 Å². The average Bonchev–Trinajstić information content (AvgIpc) is 3.23. The zero-order valence-corrected chi connectivity index (χ0v) is 33.2. The minimum absolute atomic E-state index is 0.653. The molecule has 0 fully saturated rings. The van der Waals surface area contributed by atoms with Gasteiger partial charge in [0.05, 0.1) is 20.1 Å². The fraction of sp³-hybridized carbons (Fsp3) is 0. The van der Waals surface area contributed by atoms with Crippen molar-refractivity contribution in [1.29, 1.82) is 0 Å². The lowest BCUT2D eigenvalue weighted by Crippen LogP contribution is -2.74. The molecule has 0 spiro atoms. The molecule has 0 radical (unpaired) electrons. The third-order valence-corrected chi connectivity index (χ3v) is 16.3. The Labute approximate surface area is 339 Å². The van der Waals surface area contributed by atoms with Crippen molar-refractivity contribution >= 4 is 103 Å². The summed E-state index contributed by atoms with van der Waals surface area (Å²) in [5.41, 5.74) is 5.36. The van der Waals surface area contributed by atoms with E-state index in [1.54, 1.807) is 0 Å². The molecule has 0 nitrogen and oxygen atoms in total. The molecule has 0 amide bonds. The standard InChI is InChI=1S/C24H20B.C24H16Cl4P/c1-5-13-21(14-6-1)25(22-15-7-2-8-16-22,23-17-9-3-10-18-23)24-19-11-4-12-20-24;25-17-9-1-5-13-21(17)29(22-14-6-2-10-18(22)26,23-15-7-3-11-19(23)27)24-16-8-4-12-20(24)28/h1-20H;1-16H/q-1;+1. The summed E-state index contributed by atoms with van der Waals surface area (Å²) in [4.78, 5) is 0. The van der Waals surface area contributed by atoms with E-state index in [1.807, 2.05) is 97.1 Å². The summed E-state index contributed by atoms with van der Waals surface area (Å²) in [6.07, 6.45) is -1.22. The van der Waals surface area contributed by atoms with Gasteiger partial charge >= 0.3 is 0 Å². The lowest BCUT2D eigenvalue weighted by Gasteiger charge is -2.44. The third-order valence-electron chi connectivity index (χ3n) is 10.1. The Kier molecular flexibility index (Phi) is 12.1. The molecule has 0 atom stereocenters. The summed E-state index contributed by atoms with van der Waals surface area (Å²) in [6, 6.07) is 75.0. The van der Waals surface area contributed by atoms with Gasteiger partial charge in [0.2, 0.25) is 0 Å². The van der Waals surface area contributed by atoms with Crippen LogP contribution in [-0.2, 0) is 0 Å². The van der Waals surface area contributed by atoms with Crippen LogP contribution in [0.15, 0.2) is 218 Å². The summed E-state index contributed by atoms with van der Waals surface area (Å²) >= 11 is 27.3. The lowest BCUT2D eigenvalue weighted by molar-refractivity contribution is 1.66. The van der Waals surface area contributed by atoms with Crippen molar-refractivity contribution in [3.8, 4) is 0 Å². The van der Waals surface area contributed by atoms with Gasteiger partial charge in [-0.15, -0.1) is 0 Å². The number of benzene rings is 8. The second-order valence-electron chi connectivity index (χ2n) is 13.0. The molecule has 0 aromatic heterocycles. The Morgan fingerprint density at radius 1 is 0.241 bits per heavy atom. The Bertz CT molecular complexity index is 2090. The van der Waals surface area contributed by atoms with Crippen molar-refractivity contribution in [2.45, 2.75) is 0 Å². The zero-order chi connectivity index (χ0) is 37.4. The fourth-order valence-electron chi connectivity index (χ4n) is 7.80. The Morgan fingerprint density at radius 3 is 0.630 bits per heavy atom. The minimum Gasteiger partial charge on any atom is -0.195 e. The average molecular weight is 796 g/mol. The van der Waals surface area contributed by atoms with Gasteiger partial charge in [0.15, 0.2) is 7.26 Å². The van der Waals surface area contributed by atoms with Gasteiger partial charge in [-0.05, 0) is 48.5 Å². The fourth-order valence-corrected chi connectivity index (χ4v) is 14.2. The van der Waals surface area contributed by atoms with Crippen LogP contribution in [0.3, 0.4) is 0 Å². The van der Waals surface area contributed by atoms with Crippen LogP contribution in [0.1, 0.15) is 0 Å². The van der Waals surface area contributed by atoms with Gasteiger partial charge in [0.25, 0.3) is 0 Å². The highest BCUT2D eigenvalue weighted by Gasteiger charge is 2.53. The molecule has 0 aliphatic rings. The monoisotopic (exact) mass is 794 g/mol. The quantitative estimate of drug-likeness (QED) is 0.106. The van der Waals surface area contributed by atoms with Crippen LogP contribution in [0.25, 0.3) is 0 Å². The summed E-state index contributed by atoms with van der Waals surface area (Å²) in [6.45, 7) is 0. The molecule has 6 heteroatoms. The lowest BCUT2D eigenvalue weighted by atomic mass is 9.13. The normalized spacial score (nSPS) is 11.3. The Morgan fingerprint density at radius 2 is 0.426 bits per heavy atom. The van der Waals surface area contributed by atoms with Gasteiger partial charge < -0.3 is 0 Å². The molecule has 0 saturated carbocycles. The second-order valence-corrected chi connectivity index (χ2v) is 17.9. The first-order valence-electron chi connectivity index (χ1n) is 17.8. The molecule has 0 N–H and O–H groups in total. The van der Waals surface area contributed by atoms with Gasteiger partial charge in [0, 0.05) is 0 Å². The van der Waals surface area contributed by atoms with Crippen molar-refractivity contribution < 1.29 is 0 Å². The van der Waals surface area contributed by atoms with Crippen molar-refractivity contribution in [2.24, 2.45) is 0 Å². The van der Waals surface area contributed by atoms with E-state index in [4.69, 9.17) is 46.4 Å². The van der Waals surface area contributed by atoms with Crippen molar-refractivity contribution in [1.82, 2.24) is 0 Å². The van der Waals surface area contributed by atoms with Crippen LogP contribution in [0, 0.1) is 0 Å². The molecule has 264 valence electrons. The van der Waals surface area contributed by atoms with Crippen molar-refractivity contribution in [3.05, 3.63) is 238 Å². The molecular formula is C48H36BCl4P. The molecule has 54 heavy (non-hydrogen) atoms. The Hall–Kier alpha value is -4.59. The summed E-state index contributed by atoms with van der Waals surface area (Å²) < 4.78 is 0. The van der Waals surface area contributed by atoms with E-state index in [-0.39, 0.29) is 0 Å². The van der Waals surface area contributed by atoms with Crippen LogP contribution >= 0.6 is 53.7 Å². The van der Waals surface area contributed by atoms with Crippen LogP contribution in [0.5, 0.6) is 0 Å². The number of rotatable bonds is 8. The second kappa shape index (κ2) is 17.3. The highest BCUT2D eigenvalue weighted by molar-refractivity contribution is 8.02. The van der Waals surface area contributed by atoms with Gasteiger partial charge in [-0.1, -0.05) is 216 Å². The van der Waals surface area contributed by atoms with E-state index >= 15 is 0 Å². The number of halogens is 4.